The van der Waals surface area contributed by atoms with E-state index in [1.54, 1.807) is 0 Å². The predicted octanol–water partition coefficient (Wildman–Crippen LogP) is 2.08. The molecule has 0 fully saturated rings. The van der Waals surface area contributed by atoms with Gasteiger partial charge in [0.05, 0.1) is 5.56 Å². The van der Waals surface area contributed by atoms with Crippen molar-refractivity contribution < 1.29 is 23.8 Å². The predicted molar refractivity (Wildman–Crippen MR) is 42.8 cm³/mol. The largest absolute Gasteiger partial charge is 0.504 e. The molecule has 1 aromatic heterocycles. The number of carbonyl (C=O) groups is 1. The molecule has 14 heavy (non-hydrogen) atoms. The van der Waals surface area contributed by atoms with Gasteiger partial charge in [-0.1, -0.05) is 11.6 Å². The molecular formula is C7H4ClF2NO3. The van der Waals surface area contributed by atoms with E-state index in [-0.39, 0.29) is 0 Å². The molecule has 0 amide bonds. The van der Waals surface area contributed by atoms with Crippen molar-refractivity contribution in [3.8, 4) is 5.75 Å². The Balaban J connectivity index is 3.45. The van der Waals surface area contributed by atoms with Crippen LogP contribution in [0.3, 0.4) is 0 Å². The summed E-state index contributed by atoms with van der Waals surface area (Å²) >= 11 is 5.27. The second kappa shape index (κ2) is 3.75. The number of nitrogens with zero attached hydrogens (tertiary/aromatic N) is 1. The summed E-state index contributed by atoms with van der Waals surface area (Å²) in [5.41, 5.74) is -1.78. The molecule has 76 valence electrons. The van der Waals surface area contributed by atoms with Crippen molar-refractivity contribution in [1.82, 2.24) is 4.98 Å². The Bertz CT molecular complexity index is 383. The fraction of sp³-hybridized carbons (Fsp3) is 0.143. The summed E-state index contributed by atoms with van der Waals surface area (Å²) < 4.78 is 24.5. The van der Waals surface area contributed by atoms with E-state index in [2.05, 4.69) is 4.98 Å². The molecular weight excluding hydrogens is 220 g/mol. The van der Waals surface area contributed by atoms with E-state index in [1.807, 2.05) is 0 Å². The third-order valence-corrected chi connectivity index (χ3v) is 1.76. The number of aromatic nitrogens is 1. The Morgan fingerprint density at radius 1 is 1.57 bits per heavy atom. The molecule has 0 bridgehead atoms. The van der Waals surface area contributed by atoms with E-state index in [4.69, 9.17) is 21.8 Å². The molecule has 0 saturated carbocycles. The molecule has 1 rings (SSSR count). The molecule has 1 aromatic rings. The third kappa shape index (κ3) is 1.74. The van der Waals surface area contributed by atoms with Crippen LogP contribution >= 0.6 is 11.6 Å². The molecule has 0 unspecified atom stereocenters. The Kier molecular flexibility index (Phi) is 2.85. The van der Waals surface area contributed by atoms with Crippen LogP contribution in [0.15, 0.2) is 6.20 Å². The molecule has 0 spiro atoms. The SMILES string of the molecule is O=C(O)c1c(C(F)F)cnc(Cl)c1O. The number of hydrogen-bond donors (Lipinski definition) is 2. The molecule has 0 aliphatic rings. The highest BCUT2D eigenvalue weighted by Crippen LogP contribution is 2.32. The molecule has 4 nitrogen and oxygen atoms in total. The van der Waals surface area contributed by atoms with Crippen molar-refractivity contribution in [3.63, 3.8) is 0 Å². The molecule has 0 radical (unpaired) electrons. The average Bonchev–Trinajstić information content (AvgIpc) is 2.08. The number of carboxylic acid groups (broad SMARTS) is 1. The van der Waals surface area contributed by atoms with Gasteiger partial charge in [-0.2, -0.15) is 0 Å². The summed E-state index contributed by atoms with van der Waals surface area (Å²) in [4.78, 5) is 13.7. The van der Waals surface area contributed by atoms with Crippen LogP contribution in [-0.2, 0) is 0 Å². The van der Waals surface area contributed by atoms with Crippen molar-refractivity contribution in [2.75, 3.05) is 0 Å². The number of alkyl halides is 2. The van der Waals surface area contributed by atoms with Crippen LogP contribution in [-0.4, -0.2) is 21.2 Å². The van der Waals surface area contributed by atoms with Crippen LogP contribution in [0, 0.1) is 0 Å². The van der Waals surface area contributed by atoms with E-state index >= 15 is 0 Å². The zero-order valence-electron chi connectivity index (χ0n) is 6.54. The Labute approximate surface area is 81.8 Å². The summed E-state index contributed by atoms with van der Waals surface area (Å²) in [6.45, 7) is 0. The highest BCUT2D eigenvalue weighted by Gasteiger charge is 2.24. The number of carboxylic acids is 1. The van der Waals surface area contributed by atoms with E-state index < -0.39 is 34.4 Å². The lowest BCUT2D eigenvalue weighted by atomic mass is 10.1. The molecule has 7 heteroatoms. The van der Waals surface area contributed by atoms with Gasteiger partial charge in [-0.3, -0.25) is 0 Å². The number of aromatic carboxylic acids is 1. The summed E-state index contributed by atoms with van der Waals surface area (Å²) in [5.74, 6) is -2.63. The monoisotopic (exact) mass is 223 g/mol. The van der Waals surface area contributed by atoms with Crippen molar-refractivity contribution in [2.24, 2.45) is 0 Å². The van der Waals surface area contributed by atoms with Gasteiger partial charge in [0.15, 0.2) is 10.9 Å². The van der Waals surface area contributed by atoms with Gasteiger partial charge in [0.1, 0.15) is 5.56 Å². The maximum absolute atomic E-state index is 12.2. The number of pyridine rings is 1. The number of hydrogen-bond acceptors (Lipinski definition) is 3. The number of halogens is 3. The number of rotatable bonds is 2. The van der Waals surface area contributed by atoms with E-state index in [1.165, 1.54) is 0 Å². The lowest BCUT2D eigenvalue weighted by Gasteiger charge is -2.06. The normalized spacial score (nSPS) is 10.6. The standard InChI is InChI=1S/C7H4ClF2NO3/c8-5-4(12)3(7(13)14)2(1-11-5)6(9)10/h1,6,12H,(H,13,14). The maximum atomic E-state index is 12.2. The first-order valence-corrected chi connectivity index (χ1v) is 3.71. The molecule has 0 aliphatic carbocycles. The molecule has 0 aliphatic heterocycles. The fourth-order valence-corrected chi connectivity index (χ4v) is 1.03. The Morgan fingerprint density at radius 2 is 2.14 bits per heavy atom. The summed E-state index contributed by atoms with van der Waals surface area (Å²) in [7, 11) is 0. The van der Waals surface area contributed by atoms with Crippen LogP contribution < -0.4 is 0 Å². The second-order valence-corrected chi connectivity index (χ2v) is 2.69. The second-order valence-electron chi connectivity index (χ2n) is 2.33. The highest BCUT2D eigenvalue weighted by molar-refractivity contribution is 6.31. The fourth-order valence-electron chi connectivity index (χ4n) is 0.882. The minimum atomic E-state index is -3.03. The molecule has 0 atom stereocenters. The molecule has 0 aromatic carbocycles. The van der Waals surface area contributed by atoms with Gasteiger partial charge in [-0.05, 0) is 0 Å². The average molecular weight is 224 g/mol. The van der Waals surface area contributed by atoms with Gasteiger partial charge >= 0.3 is 5.97 Å². The molecule has 2 N–H and O–H groups in total. The van der Waals surface area contributed by atoms with Gasteiger partial charge < -0.3 is 10.2 Å². The maximum Gasteiger partial charge on any atom is 0.340 e. The van der Waals surface area contributed by atoms with Crippen molar-refractivity contribution in [2.45, 2.75) is 6.43 Å². The van der Waals surface area contributed by atoms with E-state index in [0.29, 0.717) is 6.20 Å². The number of aromatic hydroxyl groups is 1. The zero-order valence-corrected chi connectivity index (χ0v) is 7.29. The van der Waals surface area contributed by atoms with Crippen molar-refractivity contribution in [3.05, 3.63) is 22.5 Å². The van der Waals surface area contributed by atoms with Gasteiger partial charge in [0.25, 0.3) is 6.43 Å². The van der Waals surface area contributed by atoms with Gasteiger partial charge in [0.2, 0.25) is 0 Å². The summed E-state index contributed by atoms with van der Waals surface area (Å²) in [6.07, 6.45) is -2.41. The van der Waals surface area contributed by atoms with Gasteiger partial charge in [0, 0.05) is 6.20 Å². The minimum absolute atomic E-state index is 0.521. The summed E-state index contributed by atoms with van der Waals surface area (Å²) in [6, 6.07) is 0. The third-order valence-electron chi connectivity index (χ3n) is 1.49. The van der Waals surface area contributed by atoms with Crippen LogP contribution in [0.25, 0.3) is 0 Å². The smallest absolute Gasteiger partial charge is 0.340 e. The van der Waals surface area contributed by atoms with Crippen LogP contribution in [0.4, 0.5) is 8.78 Å². The lowest BCUT2D eigenvalue weighted by molar-refractivity contribution is 0.0680. The van der Waals surface area contributed by atoms with Crippen LogP contribution in [0.2, 0.25) is 5.15 Å². The Morgan fingerprint density at radius 3 is 2.57 bits per heavy atom. The molecule has 1 heterocycles. The summed E-state index contributed by atoms with van der Waals surface area (Å²) in [5, 5.41) is 17.1. The lowest BCUT2D eigenvalue weighted by Crippen LogP contribution is -2.04. The van der Waals surface area contributed by atoms with E-state index in [0.717, 1.165) is 0 Å². The van der Waals surface area contributed by atoms with Gasteiger partial charge in [-0.25, -0.2) is 18.6 Å². The van der Waals surface area contributed by atoms with E-state index in [9.17, 15) is 13.6 Å². The topological polar surface area (TPSA) is 70.4 Å². The zero-order chi connectivity index (χ0) is 10.9. The quantitative estimate of drug-likeness (QED) is 0.753. The van der Waals surface area contributed by atoms with Crippen molar-refractivity contribution >= 4 is 17.6 Å². The first-order valence-electron chi connectivity index (χ1n) is 3.34. The first kappa shape index (κ1) is 10.6. The van der Waals surface area contributed by atoms with Gasteiger partial charge in [-0.15, -0.1) is 0 Å². The molecule has 0 saturated heterocycles. The first-order chi connectivity index (χ1) is 6.45. The highest BCUT2D eigenvalue weighted by atomic mass is 35.5. The van der Waals surface area contributed by atoms with Crippen LogP contribution in [0.5, 0.6) is 5.75 Å². The van der Waals surface area contributed by atoms with Crippen molar-refractivity contribution in [1.29, 1.82) is 0 Å². The minimum Gasteiger partial charge on any atom is -0.504 e. The van der Waals surface area contributed by atoms with Crippen LogP contribution in [0.1, 0.15) is 22.3 Å². The Hall–Kier alpha value is -1.43.